The third-order valence-electron chi connectivity index (χ3n) is 1.10. The van der Waals surface area contributed by atoms with E-state index in [1.54, 1.807) is 0 Å². The number of thiazole rings is 1. The van der Waals surface area contributed by atoms with Gasteiger partial charge in [-0.1, -0.05) is 0 Å². The van der Waals surface area contributed by atoms with Crippen LogP contribution in [0, 0.1) is 0 Å². The minimum atomic E-state index is -1.93. The molecule has 8 heteroatoms. The van der Waals surface area contributed by atoms with Gasteiger partial charge >= 0.3 is 0 Å². The minimum Gasteiger partial charge on any atom is -0.364 e. The number of nitrogens with one attached hydrogen (secondary N) is 1. The number of carbonyl (C=O) groups is 1. The van der Waals surface area contributed by atoms with E-state index in [9.17, 15) is 9.00 Å². The molecule has 13 heavy (non-hydrogen) atoms. The molecule has 1 unspecified atom stereocenters. The molecule has 1 aromatic rings. The zero-order valence-corrected chi connectivity index (χ0v) is 8.02. The summed E-state index contributed by atoms with van der Waals surface area (Å²) in [5.74, 6) is -0.736. The predicted molar refractivity (Wildman–Crippen MR) is 49.9 cm³/mol. The molecule has 0 aliphatic heterocycles. The van der Waals surface area contributed by atoms with Crippen molar-refractivity contribution in [2.45, 2.75) is 0 Å². The van der Waals surface area contributed by atoms with Gasteiger partial charge in [0, 0.05) is 5.38 Å². The highest BCUT2D eigenvalue weighted by molar-refractivity contribution is 7.79. The van der Waals surface area contributed by atoms with Crippen LogP contribution in [-0.2, 0) is 11.1 Å². The number of anilines is 1. The summed E-state index contributed by atoms with van der Waals surface area (Å²) in [6, 6.07) is 0. The molecule has 1 amide bonds. The van der Waals surface area contributed by atoms with Crippen LogP contribution in [-0.4, -0.2) is 25.5 Å². The Hall–Kier alpha value is -0.990. The predicted octanol–water partition coefficient (Wildman–Crippen LogP) is -0.167. The van der Waals surface area contributed by atoms with Gasteiger partial charge in [0.1, 0.15) is 11.6 Å². The van der Waals surface area contributed by atoms with Crippen molar-refractivity contribution < 1.29 is 13.6 Å². The van der Waals surface area contributed by atoms with Crippen LogP contribution in [0.1, 0.15) is 10.5 Å². The van der Waals surface area contributed by atoms with Crippen LogP contribution in [0.15, 0.2) is 5.38 Å². The fourth-order valence-corrected chi connectivity index (χ4v) is 1.64. The van der Waals surface area contributed by atoms with E-state index in [0.717, 1.165) is 11.3 Å². The number of amides is 1. The first kappa shape index (κ1) is 10.1. The Bertz CT molecular complexity index is 338. The van der Waals surface area contributed by atoms with E-state index in [-0.39, 0.29) is 11.6 Å². The summed E-state index contributed by atoms with van der Waals surface area (Å²) in [6.07, 6.45) is 0. The summed E-state index contributed by atoms with van der Waals surface area (Å²) in [5, 5.41) is 4.45. The third-order valence-corrected chi connectivity index (χ3v) is 2.29. The average Bonchev–Trinajstić information content (AvgIpc) is 2.48. The van der Waals surface area contributed by atoms with Crippen LogP contribution >= 0.6 is 11.3 Å². The van der Waals surface area contributed by atoms with E-state index < -0.39 is 17.0 Å². The molecule has 72 valence electrons. The highest BCUT2D eigenvalue weighted by Gasteiger charge is 2.06. The summed E-state index contributed by atoms with van der Waals surface area (Å²) in [7, 11) is 0. The van der Waals surface area contributed by atoms with Crippen molar-refractivity contribution in [3.05, 3.63) is 11.1 Å². The standard InChI is InChI=1S/C5H7N3O3S2/c6-4(9)3-1-12-5(8-3)7-2-13(10)11/h1H,2H2,(H2,6,9)(H,7,8)(H,10,11). The zero-order chi connectivity index (χ0) is 9.84. The van der Waals surface area contributed by atoms with Crippen molar-refractivity contribution in [2.75, 3.05) is 11.2 Å². The second-order valence-corrected chi connectivity index (χ2v) is 3.83. The number of hydrogen-bond acceptors (Lipinski definition) is 5. The molecule has 0 saturated carbocycles. The van der Waals surface area contributed by atoms with E-state index in [1.807, 2.05) is 0 Å². The van der Waals surface area contributed by atoms with Gasteiger partial charge in [-0.15, -0.1) is 11.3 Å². The zero-order valence-electron chi connectivity index (χ0n) is 6.39. The van der Waals surface area contributed by atoms with Gasteiger partial charge in [0.25, 0.3) is 5.91 Å². The summed E-state index contributed by atoms with van der Waals surface area (Å²) in [4.78, 5) is 14.4. The summed E-state index contributed by atoms with van der Waals surface area (Å²) < 4.78 is 18.7. The van der Waals surface area contributed by atoms with Crippen molar-refractivity contribution in [1.82, 2.24) is 4.98 Å². The van der Waals surface area contributed by atoms with Gasteiger partial charge in [-0.2, -0.15) is 0 Å². The first-order chi connectivity index (χ1) is 6.09. The molecular formula is C5H7N3O3S2. The molecular weight excluding hydrogens is 214 g/mol. The van der Waals surface area contributed by atoms with Gasteiger partial charge in [-0.25, -0.2) is 9.19 Å². The van der Waals surface area contributed by atoms with Gasteiger partial charge in [0.15, 0.2) is 16.2 Å². The topological polar surface area (TPSA) is 105 Å². The Balaban J connectivity index is 2.59. The quantitative estimate of drug-likeness (QED) is 0.612. The summed E-state index contributed by atoms with van der Waals surface area (Å²) >= 11 is -0.777. The molecule has 0 saturated heterocycles. The first-order valence-electron chi connectivity index (χ1n) is 3.16. The fourth-order valence-electron chi connectivity index (χ4n) is 0.592. The van der Waals surface area contributed by atoms with Gasteiger partial charge in [-0.05, 0) is 0 Å². The minimum absolute atomic E-state index is 0.119. The highest BCUT2D eigenvalue weighted by Crippen LogP contribution is 2.14. The molecule has 0 aromatic carbocycles. The molecule has 0 fully saturated rings. The van der Waals surface area contributed by atoms with Crippen molar-refractivity contribution in [1.29, 1.82) is 0 Å². The smallest absolute Gasteiger partial charge is 0.268 e. The Labute approximate surface area is 80.5 Å². The van der Waals surface area contributed by atoms with Gasteiger partial charge in [-0.3, -0.25) is 4.79 Å². The lowest BCUT2D eigenvalue weighted by Crippen LogP contribution is -2.12. The monoisotopic (exact) mass is 221 g/mol. The lowest BCUT2D eigenvalue weighted by molar-refractivity contribution is 0.0996. The second kappa shape index (κ2) is 4.30. The molecule has 1 atom stereocenters. The lowest BCUT2D eigenvalue weighted by Gasteiger charge is -1.95. The van der Waals surface area contributed by atoms with Crippen LogP contribution < -0.4 is 11.1 Å². The second-order valence-electron chi connectivity index (χ2n) is 2.04. The number of primary amides is 1. The van der Waals surface area contributed by atoms with Gasteiger partial charge in [0.2, 0.25) is 0 Å². The molecule has 1 heterocycles. The molecule has 0 bridgehead atoms. The van der Waals surface area contributed by atoms with E-state index >= 15 is 0 Å². The summed E-state index contributed by atoms with van der Waals surface area (Å²) in [6.45, 7) is 0. The largest absolute Gasteiger partial charge is 0.364 e. The van der Waals surface area contributed by atoms with Crippen LogP contribution in [0.4, 0.5) is 5.13 Å². The van der Waals surface area contributed by atoms with Crippen molar-refractivity contribution >= 4 is 33.5 Å². The normalized spacial score (nSPS) is 12.4. The van der Waals surface area contributed by atoms with Crippen molar-refractivity contribution in [3.8, 4) is 0 Å². The Morgan fingerprint density at radius 1 is 1.85 bits per heavy atom. The molecule has 0 aliphatic carbocycles. The maximum Gasteiger partial charge on any atom is 0.268 e. The molecule has 4 N–H and O–H groups in total. The average molecular weight is 221 g/mol. The van der Waals surface area contributed by atoms with E-state index in [4.69, 9.17) is 10.3 Å². The van der Waals surface area contributed by atoms with Gasteiger partial charge in [0.05, 0.1) is 0 Å². The van der Waals surface area contributed by atoms with E-state index in [2.05, 4.69) is 10.3 Å². The molecule has 0 radical (unpaired) electrons. The number of carbonyl (C=O) groups excluding carboxylic acids is 1. The Morgan fingerprint density at radius 3 is 3.00 bits per heavy atom. The number of aromatic nitrogens is 1. The van der Waals surface area contributed by atoms with Crippen molar-refractivity contribution in [2.24, 2.45) is 5.73 Å². The maximum absolute atomic E-state index is 10.6. The molecule has 0 spiro atoms. The van der Waals surface area contributed by atoms with Crippen LogP contribution in [0.2, 0.25) is 0 Å². The highest BCUT2D eigenvalue weighted by atomic mass is 32.2. The third kappa shape index (κ3) is 3.09. The first-order valence-corrected chi connectivity index (χ1v) is 5.32. The lowest BCUT2D eigenvalue weighted by atomic mass is 10.5. The van der Waals surface area contributed by atoms with Crippen LogP contribution in [0.3, 0.4) is 0 Å². The SMILES string of the molecule is NC(=O)c1csc(NCS(=O)O)n1. The number of hydrogen-bond donors (Lipinski definition) is 3. The Kier molecular flexibility index (Phi) is 3.34. The maximum atomic E-state index is 10.6. The van der Waals surface area contributed by atoms with Crippen LogP contribution in [0.25, 0.3) is 0 Å². The molecule has 6 nitrogen and oxygen atoms in total. The fraction of sp³-hybridized carbons (Fsp3) is 0.200. The van der Waals surface area contributed by atoms with Crippen LogP contribution in [0.5, 0.6) is 0 Å². The molecule has 1 rings (SSSR count). The molecule has 0 aliphatic rings. The number of nitrogens with zero attached hydrogens (tertiary/aromatic N) is 1. The Morgan fingerprint density at radius 2 is 2.54 bits per heavy atom. The van der Waals surface area contributed by atoms with E-state index in [0.29, 0.717) is 5.13 Å². The molecule has 1 aromatic heterocycles. The summed E-state index contributed by atoms with van der Waals surface area (Å²) in [5.41, 5.74) is 5.10. The number of nitrogens with two attached hydrogens (primary N) is 1. The van der Waals surface area contributed by atoms with Gasteiger partial charge < -0.3 is 15.6 Å². The number of rotatable bonds is 4. The van der Waals surface area contributed by atoms with E-state index in [1.165, 1.54) is 5.38 Å². The van der Waals surface area contributed by atoms with Crippen molar-refractivity contribution in [3.63, 3.8) is 0 Å².